The van der Waals surface area contributed by atoms with Crippen LogP contribution in [0.3, 0.4) is 0 Å². The second-order valence-corrected chi connectivity index (χ2v) is 3.55. The van der Waals surface area contributed by atoms with E-state index in [4.69, 9.17) is 10.8 Å². The van der Waals surface area contributed by atoms with Gasteiger partial charge in [0, 0.05) is 13.6 Å². The quantitative estimate of drug-likeness (QED) is 0.535. The van der Waals surface area contributed by atoms with Gasteiger partial charge in [-0.05, 0) is 6.42 Å². The van der Waals surface area contributed by atoms with E-state index >= 15 is 0 Å². The molecule has 15 heavy (non-hydrogen) atoms. The van der Waals surface area contributed by atoms with Gasteiger partial charge in [-0.15, -0.1) is 0 Å². The minimum Gasteiger partial charge on any atom is -0.480 e. The summed E-state index contributed by atoms with van der Waals surface area (Å²) < 4.78 is 0. The summed E-state index contributed by atoms with van der Waals surface area (Å²) in [5.74, 6) is -2.17. The van der Waals surface area contributed by atoms with E-state index in [2.05, 4.69) is 5.32 Å². The maximum Gasteiger partial charge on any atom is 0.323 e. The highest BCUT2D eigenvalue weighted by Crippen LogP contribution is 2.12. The molecule has 0 radical (unpaired) electrons. The Kier molecular flexibility index (Phi) is 3.25. The van der Waals surface area contributed by atoms with Crippen LogP contribution in [0.4, 0.5) is 4.79 Å². The molecule has 1 saturated heterocycles. The van der Waals surface area contributed by atoms with Crippen molar-refractivity contribution in [3.8, 4) is 0 Å². The maximum atomic E-state index is 11.3. The summed E-state index contributed by atoms with van der Waals surface area (Å²) in [7, 11) is 1.53. The lowest BCUT2D eigenvalue weighted by Crippen LogP contribution is -2.54. The molecule has 0 aromatic carbocycles. The molecule has 0 saturated carbocycles. The SMILES string of the molecule is CN1C[C@H](C[C@H](N)C(=O)O)C(=O)NC1=O. The van der Waals surface area contributed by atoms with Crippen LogP contribution in [0.2, 0.25) is 0 Å². The number of carboxylic acid groups (broad SMARTS) is 1. The van der Waals surface area contributed by atoms with Crippen molar-refractivity contribution in [2.75, 3.05) is 13.6 Å². The fourth-order valence-corrected chi connectivity index (χ4v) is 1.39. The number of hydrogen-bond acceptors (Lipinski definition) is 4. The number of urea groups is 1. The van der Waals surface area contributed by atoms with Gasteiger partial charge in [-0.2, -0.15) is 0 Å². The number of hydrogen-bond donors (Lipinski definition) is 3. The van der Waals surface area contributed by atoms with Gasteiger partial charge in [-0.1, -0.05) is 0 Å². The van der Waals surface area contributed by atoms with Crippen molar-refractivity contribution < 1.29 is 19.5 Å². The number of aliphatic carboxylic acids is 1. The van der Waals surface area contributed by atoms with Gasteiger partial charge in [0.2, 0.25) is 5.91 Å². The number of carbonyl (C=O) groups excluding carboxylic acids is 2. The van der Waals surface area contributed by atoms with Crippen LogP contribution in [0.5, 0.6) is 0 Å². The second kappa shape index (κ2) is 4.26. The predicted molar refractivity (Wildman–Crippen MR) is 49.9 cm³/mol. The third-order valence-electron chi connectivity index (χ3n) is 2.30. The number of carbonyl (C=O) groups is 3. The number of imide groups is 1. The highest BCUT2D eigenvalue weighted by Gasteiger charge is 2.32. The van der Waals surface area contributed by atoms with E-state index in [9.17, 15) is 14.4 Å². The van der Waals surface area contributed by atoms with E-state index in [1.807, 2.05) is 0 Å². The summed E-state index contributed by atoms with van der Waals surface area (Å²) in [4.78, 5) is 34.1. The van der Waals surface area contributed by atoms with E-state index in [1.54, 1.807) is 0 Å². The molecule has 0 spiro atoms. The minimum absolute atomic E-state index is 0.0266. The normalized spacial score (nSPS) is 23.6. The van der Waals surface area contributed by atoms with Crippen molar-refractivity contribution in [3.63, 3.8) is 0 Å². The van der Waals surface area contributed by atoms with Crippen molar-refractivity contribution in [2.45, 2.75) is 12.5 Å². The summed E-state index contributed by atoms with van der Waals surface area (Å²) in [5.41, 5.74) is 5.31. The number of rotatable bonds is 3. The summed E-state index contributed by atoms with van der Waals surface area (Å²) in [6.07, 6.45) is 0.0266. The van der Waals surface area contributed by atoms with Crippen LogP contribution in [0.1, 0.15) is 6.42 Å². The molecule has 1 rings (SSSR count). The van der Waals surface area contributed by atoms with Gasteiger partial charge in [0.05, 0.1) is 5.92 Å². The van der Waals surface area contributed by atoms with Gasteiger partial charge in [-0.25, -0.2) is 4.79 Å². The van der Waals surface area contributed by atoms with Crippen molar-refractivity contribution in [2.24, 2.45) is 11.7 Å². The number of nitrogens with one attached hydrogen (secondary N) is 1. The van der Waals surface area contributed by atoms with Gasteiger partial charge in [-0.3, -0.25) is 14.9 Å². The molecule has 1 fully saturated rings. The van der Waals surface area contributed by atoms with Crippen molar-refractivity contribution >= 4 is 17.9 Å². The Morgan fingerprint density at radius 2 is 2.33 bits per heavy atom. The van der Waals surface area contributed by atoms with Gasteiger partial charge in [0.25, 0.3) is 0 Å². The third kappa shape index (κ3) is 2.66. The van der Waals surface area contributed by atoms with Crippen LogP contribution in [0.25, 0.3) is 0 Å². The zero-order chi connectivity index (χ0) is 11.6. The highest BCUT2D eigenvalue weighted by atomic mass is 16.4. The van der Waals surface area contributed by atoms with Gasteiger partial charge >= 0.3 is 12.0 Å². The van der Waals surface area contributed by atoms with Crippen LogP contribution >= 0.6 is 0 Å². The minimum atomic E-state index is -1.15. The molecule has 84 valence electrons. The lowest BCUT2D eigenvalue weighted by molar-refractivity contribution is -0.139. The summed E-state index contributed by atoms with van der Waals surface area (Å²) in [6, 6.07) is -1.55. The Labute approximate surface area is 86.2 Å². The lowest BCUT2D eigenvalue weighted by Gasteiger charge is -2.29. The molecule has 0 bridgehead atoms. The molecule has 1 heterocycles. The monoisotopic (exact) mass is 215 g/mol. The topological polar surface area (TPSA) is 113 Å². The number of carboxylic acids is 1. The van der Waals surface area contributed by atoms with E-state index in [0.717, 1.165) is 0 Å². The fraction of sp³-hybridized carbons (Fsp3) is 0.625. The first-order chi connectivity index (χ1) is 6.91. The Hall–Kier alpha value is -1.63. The average molecular weight is 215 g/mol. The largest absolute Gasteiger partial charge is 0.480 e. The number of amides is 3. The molecule has 7 heteroatoms. The van der Waals surface area contributed by atoms with E-state index in [-0.39, 0.29) is 13.0 Å². The standard InChI is InChI=1S/C8H13N3O4/c1-11-3-4(2-5(9)7(13)14)6(12)10-8(11)15/h4-5H,2-3,9H2,1H3,(H,13,14)(H,10,12,15)/t4-,5-/m0/s1. The fourth-order valence-electron chi connectivity index (χ4n) is 1.39. The Morgan fingerprint density at radius 3 is 2.87 bits per heavy atom. The number of nitrogens with two attached hydrogens (primary N) is 1. The van der Waals surface area contributed by atoms with Crippen LogP contribution in [0.15, 0.2) is 0 Å². The molecular weight excluding hydrogens is 202 g/mol. The molecule has 0 aromatic heterocycles. The van der Waals surface area contributed by atoms with E-state index < -0.39 is 29.9 Å². The summed E-state index contributed by atoms with van der Waals surface area (Å²) >= 11 is 0. The molecule has 7 nitrogen and oxygen atoms in total. The lowest BCUT2D eigenvalue weighted by atomic mass is 9.97. The van der Waals surface area contributed by atoms with Crippen molar-refractivity contribution in [3.05, 3.63) is 0 Å². The zero-order valence-corrected chi connectivity index (χ0v) is 8.27. The van der Waals surface area contributed by atoms with Gasteiger partial charge in [0.15, 0.2) is 0 Å². The smallest absolute Gasteiger partial charge is 0.323 e. The van der Waals surface area contributed by atoms with Crippen molar-refractivity contribution in [1.82, 2.24) is 10.2 Å². The molecule has 0 aliphatic carbocycles. The third-order valence-corrected chi connectivity index (χ3v) is 2.30. The van der Waals surface area contributed by atoms with Crippen molar-refractivity contribution in [1.29, 1.82) is 0 Å². The molecule has 2 atom stereocenters. The molecule has 0 unspecified atom stereocenters. The number of nitrogens with zero attached hydrogens (tertiary/aromatic N) is 1. The maximum absolute atomic E-state index is 11.3. The molecule has 0 aromatic rings. The Morgan fingerprint density at radius 1 is 1.73 bits per heavy atom. The van der Waals surface area contributed by atoms with Crippen LogP contribution in [-0.2, 0) is 9.59 Å². The second-order valence-electron chi connectivity index (χ2n) is 3.55. The molecule has 1 aliphatic rings. The molecule has 3 amide bonds. The first kappa shape index (κ1) is 11.4. The highest BCUT2D eigenvalue weighted by molar-refractivity contribution is 5.98. The Balaban J connectivity index is 2.59. The molecule has 1 aliphatic heterocycles. The predicted octanol–water partition coefficient (Wildman–Crippen LogP) is -1.41. The van der Waals surface area contributed by atoms with Gasteiger partial charge < -0.3 is 15.7 Å². The van der Waals surface area contributed by atoms with Crippen LogP contribution < -0.4 is 11.1 Å². The molecule has 4 N–H and O–H groups in total. The first-order valence-electron chi connectivity index (χ1n) is 4.46. The average Bonchev–Trinajstić information content (AvgIpc) is 2.13. The van der Waals surface area contributed by atoms with E-state index in [0.29, 0.717) is 0 Å². The van der Waals surface area contributed by atoms with Gasteiger partial charge in [0.1, 0.15) is 6.04 Å². The zero-order valence-electron chi connectivity index (χ0n) is 8.27. The van der Waals surface area contributed by atoms with E-state index in [1.165, 1.54) is 11.9 Å². The summed E-state index contributed by atoms with van der Waals surface area (Å²) in [5, 5.41) is 10.7. The summed E-state index contributed by atoms with van der Waals surface area (Å²) in [6.45, 7) is 0.200. The van der Waals surface area contributed by atoms with Crippen LogP contribution in [0, 0.1) is 5.92 Å². The van der Waals surface area contributed by atoms with Crippen LogP contribution in [-0.4, -0.2) is 47.5 Å². The first-order valence-corrected chi connectivity index (χ1v) is 4.46. The Bertz CT molecular complexity index is 304. The molecular formula is C8H13N3O4.